The van der Waals surface area contributed by atoms with Crippen molar-refractivity contribution in [3.8, 4) is 11.1 Å². The number of nitrogens with two attached hydrogens (primary N) is 1. The Kier molecular flexibility index (Phi) is 6.17. The second-order valence-electron chi connectivity index (χ2n) is 7.51. The molecule has 0 bridgehead atoms. The number of nitrogens with zero attached hydrogens (tertiary/aromatic N) is 1. The first-order valence-electron chi connectivity index (χ1n) is 10.3. The van der Waals surface area contributed by atoms with Gasteiger partial charge in [0.1, 0.15) is 6.61 Å². The average Bonchev–Trinajstić information content (AvgIpc) is 3.12. The molecule has 0 saturated carbocycles. The van der Waals surface area contributed by atoms with Crippen LogP contribution in [-0.2, 0) is 4.74 Å². The Morgan fingerprint density at radius 2 is 1.72 bits per heavy atom. The Morgan fingerprint density at radius 1 is 1.06 bits per heavy atom. The maximum absolute atomic E-state index is 12.2. The van der Waals surface area contributed by atoms with Crippen molar-refractivity contribution >= 4 is 23.5 Å². The van der Waals surface area contributed by atoms with Crippen molar-refractivity contribution in [2.75, 3.05) is 18.9 Å². The lowest BCUT2D eigenvalue weighted by atomic mass is 9.98. The first-order valence-corrected chi connectivity index (χ1v) is 10.3. The number of fused-ring (bicyclic) bond motifs is 3. The number of nitro benzene ring substituents is 1. The van der Waals surface area contributed by atoms with Crippen LogP contribution in [0.4, 0.5) is 16.2 Å². The van der Waals surface area contributed by atoms with Crippen molar-refractivity contribution < 1.29 is 14.5 Å². The zero-order valence-electron chi connectivity index (χ0n) is 17.4. The van der Waals surface area contributed by atoms with E-state index in [1.54, 1.807) is 12.1 Å². The van der Waals surface area contributed by atoms with Gasteiger partial charge in [-0.05, 0) is 40.3 Å². The molecule has 0 aromatic heterocycles. The minimum absolute atomic E-state index is 0.0261. The summed E-state index contributed by atoms with van der Waals surface area (Å²) in [4.78, 5) is 22.5. The summed E-state index contributed by atoms with van der Waals surface area (Å²) in [5.41, 5.74) is 11.5. The lowest BCUT2D eigenvalue weighted by Crippen LogP contribution is -2.26. The van der Waals surface area contributed by atoms with E-state index < -0.39 is 11.0 Å². The fourth-order valence-electron chi connectivity index (χ4n) is 3.94. The molecule has 0 spiro atoms. The van der Waals surface area contributed by atoms with Crippen molar-refractivity contribution in [2.45, 2.75) is 12.3 Å². The van der Waals surface area contributed by atoms with Gasteiger partial charge in [-0.2, -0.15) is 0 Å². The summed E-state index contributed by atoms with van der Waals surface area (Å²) in [5, 5.41) is 13.5. The van der Waals surface area contributed by atoms with Crippen LogP contribution in [-0.4, -0.2) is 24.2 Å². The third-order valence-corrected chi connectivity index (χ3v) is 5.50. The van der Waals surface area contributed by atoms with Crippen molar-refractivity contribution in [1.29, 1.82) is 0 Å². The Hall–Kier alpha value is -4.13. The number of carbonyl (C=O) groups is 1. The zero-order chi connectivity index (χ0) is 22.5. The Labute approximate surface area is 185 Å². The van der Waals surface area contributed by atoms with Gasteiger partial charge in [0.05, 0.1) is 4.92 Å². The quantitative estimate of drug-likeness (QED) is 0.235. The number of carbonyl (C=O) groups excluding carboxylic acids is 1. The number of nitrogen functional groups attached to an aromatic ring is 1. The number of hydrogen-bond donors (Lipinski definition) is 2. The summed E-state index contributed by atoms with van der Waals surface area (Å²) in [6.45, 7) is 0.676. The highest BCUT2D eigenvalue weighted by Gasteiger charge is 2.28. The second kappa shape index (κ2) is 9.34. The topological polar surface area (TPSA) is 107 Å². The maximum Gasteiger partial charge on any atom is 0.407 e. The van der Waals surface area contributed by atoms with E-state index in [1.165, 1.54) is 34.4 Å². The minimum atomic E-state index is -0.484. The fourth-order valence-corrected chi connectivity index (χ4v) is 3.94. The molecule has 1 aliphatic carbocycles. The Morgan fingerprint density at radius 3 is 2.34 bits per heavy atom. The fraction of sp³-hybridized carbons (Fsp3) is 0.160. The summed E-state index contributed by atoms with van der Waals surface area (Å²) >= 11 is 0. The van der Waals surface area contributed by atoms with E-state index in [1.807, 2.05) is 30.3 Å². The van der Waals surface area contributed by atoms with E-state index in [-0.39, 0.29) is 18.2 Å². The second-order valence-corrected chi connectivity index (χ2v) is 7.51. The van der Waals surface area contributed by atoms with E-state index in [0.29, 0.717) is 24.2 Å². The molecule has 32 heavy (non-hydrogen) atoms. The van der Waals surface area contributed by atoms with Crippen LogP contribution in [0, 0.1) is 10.1 Å². The highest BCUT2D eigenvalue weighted by molar-refractivity contribution is 5.79. The van der Waals surface area contributed by atoms with Crippen LogP contribution in [0.5, 0.6) is 0 Å². The van der Waals surface area contributed by atoms with Gasteiger partial charge >= 0.3 is 6.09 Å². The largest absolute Gasteiger partial charge is 0.449 e. The number of nitrogens with one attached hydrogen (secondary N) is 1. The summed E-state index contributed by atoms with van der Waals surface area (Å²) in [7, 11) is 0. The monoisotopic (exact) mass is 429 g/mol. The van der Waals surface area contributed by atoms with Gasteiger partial charge in [0.15, 0.2) is 0 Å². The third kappa shape index (κ3) is 4.46. The maximum atomic E-state index is 12.2. The molecule has 0 unspecified atom stereocenters. The number of non-ortho nitro benzene ring substituents is 1. The van der Waals surface area contributed by atoms with Gasteiger partial charge < -0.3 is 15.8 Å². The SMILES string of the molecule is Nc1cc([N+](=O)[O-])ccc1C=CCCNC(=O)OCC1c2ccccc2-c2ccccc21. The van der Waals surface area contributed by atoms with Gasteiger partial charge in [-0.15, -0.1) is 0 Å². The minimum Gasteiger partial charge on any atom is -0.449 e. The van der Waals surface area contributed by atoms with Crippen LogP contribution in [0.15, 0.2) is 72.8 Å². The number of nitro groups is 1. The lowest BCUT2D eigenvalue weighted by molar-refractivity contribution is -0.384. The number of benzene rings is 3. The summed E-state index contributed by atoms with van der Waals surface area (Å²) in [5.74, 6) is 0.0261. The van der Waals surface area contributed by atoms with Gasteiger partial charge in [-0.3, -0.25) is 10.1 Å². The Balaban J connectivity index is 1.27. The number of rotatable bonds is 7. The van der Waals surface area contributed by atoms with Crippen LogP contribution < -0.4 is 11.1 Å². The van der Waals surface area contributed by atoms with Crippen molar-refractivity contribution in [2.24, 2.45) is 0 Å². The van der Waals surface area contributed by atoms with Crippen LogP contribution in [0.1, 0.15) is 29.0 Å². The lowest BCUT2D eigenvalue weighted by Gasteiger charge is -2.14. The number of anilines is 1. The van der Waals surface area contributed by atoms with Crippen LogP contribution in [0.25, 0.3) is 17.2 Å². The smallest absolute Gasteiger partial charge is 0.407 e. The van der Waals surface area contributed by atoms with E-state index in [2.05, 4.69) is 29.6 Å². The van der Waals surface area contributed by atoms with Gasteiger partial charge in [0.2, 0.25) is 0 Å². The standard InChI is InChI=1S/C25H23N3O4/c26-24-15-18(28(30)31)13-12-17(24)7-5-6-14-27-25(29)32-16-23-21-10-3-1-8-19(21)20-9-2-4-11-22(20)23/h1-5,7-13,15,23H,6,14,16,26H2,(H,27,29). The molecule has 0 fully saturated rings. The van der Waals surface area contributed by atoms with Crippen molar-refractivity contribution in [1.82, 2.24) is 5.32 Å². The molecule has 7 nitrogen and oxygen atoms in total. The van der Waals surface area contributed by atoms with Crippen molar-refractivity contribution in [3.05, 3.63) is 99.6 Å². The predicted octanol–water partition coefficient (Wildman–Crippen LogP) is 5.12. The number of amides is 1. The molecule has 3 N–H and O–H groups in total. The van der Waals surface area contributed by atoms with E-state index >= 15 is 0 Å². The molecule has 0 radical (unpaired) electrons. The van der Waals surface area contributed by atoms with Crippen LogP contribution >= 0.6 is 0 Å². The molecular weight excluding hydrogens is 406 g/mol. The van der Waals surface area contributed by atoms with E-state index in [9.17, 15) is 14.9 Å². The molecule has 3 aromatic rings. The molecule has 7 heteroatoms. The molecule has 0 aliphatic heterocycles. The van der Waals surface area contributed by atoms with Gasteiger partial charge in [0.25, 0.3) is 5.69 Å². The molecule has 4 rings (SSSR count). The number of alkyl carbamates (subject to hydrolysis) is 1. The molecule has 0 heterocycles. The molecular formula is C25H23N3O4. The number of hydrogen-bond acceptors (Lipinski definition) is 5. The van der Waals surface area contributed by atoms with E-state index in [0.717, 1.165) is 0 Å². The van der Waals surface area contributed by atoms with Crippen LogP contribution in [0.2, 0.25) is 0 Å². The molecule has 3 aromatic carbocycles. The Bertz CT molecular complexity index is 1140. The van der Waals surface area contributed by atoms with Gasteiger partial charge in [-0.25, -0.2) is 4.79 Å². The molecule has 1 aliphatic rings. The summed E-state index contributed by atoms with van der Waals surface area (Å²) in [6, 6.07) is 20.7. The van der Waals surface area contributed by atoms with E-state index in [4.69, 9.17) is 10.5 Å². The average molecular weight is 429 g/mol. The summed E-state index contributed by atoms with van der Waals surface area (Å²) < 4.78 is 5.50. The molecule has 0 saturated heterocycles. The molecule has 162 valence electrons. The third-order valence-electron chi connectivity index (χ3n) is 5.50. The normalized spacial score (nSPS) is 12.4. The summed E-state index contributed by atoms with van der Waals surface area (Å²) in [6.07, 6.45) is 3.73. The molecule has 1 amide bonds. The van der Waals surface area contributed by atoms with Crippen molar-refractivity contribution in [3.63, 3.8) is 0 Å². The van der Waals surface area contributed by atoms with Crippen LogP contribution in [0.3, 0.4) is 0 Å². The highest BCUT2D eigenvalue weighted by atomic mass is 16.6. The zero-order valence-corrected chi connectivity index (χ0v) is 17.4. The first kappa shape index (κ1) is 21.1. The van der Waals surface area contributed by atoms with Gasteiger partial charge in [-0.1, -0.05) is 60.7 Å². The van der Waals surface area contributed by atoms with Gasteiger partial charge in [0, 0.05) is 30.3 Å². The number of ether oxygens (including phenoxy) is 1. The highest BCUT2D eigenvalue weighted by Crippen LogP contribution is 2.44. The molecule has 0 atom stereocenters. The predicted molar refractivity (Wildman–Crippen MR) is 124 cm³/mol. The first-order chi connectivity index (χ1) is 15.5.